The lowest BCUT2D eigenvalue weighted by atomic mass is 10.2. The highest BCUT2D eigenvalue weighted by molar-refractivity contribution is 6.20. The zero-order valence-electron chi connectivity index (χ0n) is 9.81. The van der Waals surface area contributed by atoms with Gasteiger partial charge in [-0.1, -0.05) is 0 Å². The molecule has 0 aliphatic heterocycles. The molecule has 0 saturated heterocycles. The number of alkyl halides is 1. The number of halogens is 1. The van der Waals surface area contributed by atoms with E-state index in [1.165, 1.54) is 0 Å². The summed E-state index contributed by atoms with van der Waals surface area (Å²) in [5, 5.41) is -0.0893. The topological polar surface area (TPSA) is 44.2 Å². The van der Waals surface area contributed by atoms with E-state index < -0.39 is 0 Å². The zero-order chi connectivity index (χ0) is 12.0. The molecule has 1 atom stereocenters. The molecule has 0 aliphatic carbocycles. The highest BCUT2D eigenvalue weighted by Gasteiger charge is 2.08. The van der Waals surface area contributed by atoms with Crippen LogP contribution in [0.15, 0.2) is 12.4 Å². The second kappa shape index (κ2) is 6.66. The van der Waals surface area contributed by atoms with Gasteiger partial charge in [0.15, 0.2) is 0 Å². The van der Waals surface area contributed by atoms with Gasteiger partial charge in [0.05, 0.1) is 30.0 Å². The van der Waals surface area contributed by atoms with Crippen molar-refractivity contribution in [2.75, 3.05) is 13.7 Å². The normalized spacial score (nSPS) is 12.8. The van der Waals surface area contributed by atoms with Gasteiger partial charge in [-0.3, -0.25) is 4.98 Å². The van der Waals surface area contributed by atoms with Gasteiger partial charge in [-0.25, -0.2) is 4.98 Å². The fourth-order valence-corrected chi connectivity index (χ4v) is 1.53. The van der Waals surface area contributed by atoms with Gasteiger partial charge in [-0.15, -0.1) is 11.6 Å². The molecule has 0 radical (unpaired) electrons. The summed E-state index contributed by atoms with van der Waals surface area (Å²) in [4.78, 5) is 8.37. The van der Waals surface area contributed by atoms with Crippen LogP contribution in [0.4, 0.5) is 0 Å². The molecule has 0 aliphatic rings. The molecule has 0 fully saturated rings. The number of methoxy groups -OCH3 is 1. The number of rotatable bonds is 6. The number of hydrogen-bond donors (Lipinski definition) is 0. The molecule has 5 heteroatoms. The molecule has 4 nitrogen and oxygen atoms in total. The third-order valence-corrected chi connectivity index (χ3v) is 2.08. The van der Waals surface area contributed by atoms with Crippen molar-refractivity contribution in [3.05, 3.63) is 18.1 Å². The largest absolute Gasteiger partial charge is 0.474 e. The maximum Gasteiger partial charge on any atom is 0.232 e. The average molecular weight is 245 g/mol. The molecule has 1 rings (SSSR count). The minimum absolute atomic E-state index is 0.0893. The van der Waals surface area contributed by atoms with Gasteiger partial charge in [-0.2, -0.15) is 0 Å². The Hall–Kier alpha value is -0.870. The fraction of sp³-hybridized carbons (Fsp3) is 0.636. The van der Waals surface area contributed by atoms with Crippen LogP contribution in [0.2, 0.25) is 0 Å². The lowest BCUT2D eigenvalue weighted by molar-refractivity contribution is 0.197. The van der Waals surface area contributed by atoms with Gasteiger partial charge in [0.1, 0.15) is 0 Å². The van der Waals surface area contributed by atoms with Crippen LogP contribution in [0.5, 0.6) is 5.88 Å². The number of aromatic nitrogens is 2. The summed E-state index contributed by atoms with van der Waals surface area (Å²) in [6.45, 7) is 4.39. The van der Waals surface area contributed by atoms with Crippen LogP contribution in [0, 0.1) is 0 Å². The fourth-order valence-electron chi connectivity index (χ4n) is 1.25. The highest BCUT2D eigenvalue weighted by Crippen LogP contribution is 2.11. The van der Waals surface area contributed by atoms with E-state index in [4.69, 9.17) is 21.1 Å². The lowest BCUT2D eigenvalue weighted by Crippen LogP contribution is -2.13. The molecule has 0 N–H and O–H groups in total. The molecule has 0 aromatic carbocycles. The van der Waals surface area contributed by atoms with Crippen molar-refractivity contribution < 1.29 is 9.47 Å². The molecule has 1 aromatic rings. The van der Waals surface area contributed by atoms with Crippen molar-refractivity contribution in [2.45, 2.75) is 31.7 Å². The molecule has 0 bridgehead atoms. The van der Waals surface area contributed by atoms with E-state index >= 15 is 0 Å². The molecule has 0 amide bonds. The van der Waals surface area contributed by atoms with E-state index in [9.17, 15) is 0 Å². The molecular weight excluding hydrogens is 228 g/mol. The zero-order valence-corrected chi connectivity index (χ0v) is 10.6. The standard InChI is InChI=1S/C11H17ClN2O2/c1-8(2)16-11-6-13-5-10(14-11)4-9(12)7-15-3/h5-6,8-9H,4,7H2,1-3H3. The van der Waals surface area contributed by atoms with Crippen molar-refractivity contribution in [3.8, 4) is 5.88 Å². The van der Waals surface area contributed by atoms with Crippen molar-refractivity contribution in [2.24, 2.45) is 0 Å². The molecule has 1 unspecified atom stereocenters. The minimum Gasteiger partial charge on any atom is -0.474 e. The van der Waals surface area contributed by atoms with E-state index in [1.54, 1.807) is 19.5 Å². The van der Waals surface area contributed by atoms with Crippen LogP contribution in [-0.2, 0) is 11.2 Å². The maximum absolute atomic E-state index is 6.04. The predicted octanol–water partition coefficient (Wildman–Crippen LogP) is 2.06. The van der Waals surface area contributed by atoms with Crippen LogP contribution in [-0.4, -0.2) is 35.2 Å². The van der Waals surface area contributed by atoms with Crippen molar-refractivity contribution in [1.29, 1.82) is 0 Å². The molecule has 1 heterocycles. The Bertz CT molecular complexity index is 321. The minimum atomic E-state index is -0.0893. The molecule has 0 spiro atoms. The molecule has 90 valence electrons. The first-order valence-electron chi connectivity index (χ1n) is 5.22. The number of nitrogens with zero attached hydrogens (tertiary/aromatic N) is 2. The average Bonchev–Trinajstić information content (AvgIpc) is 2.17. The van der Waals surface area contributed by atoms with Crippen molar-refractivity contribution >= 4 is 11.6 Å². The van der Waals surface area contributed by atoms with E-state index in [1.807, 2.05) is 13.8 Å². The molecule has 0 saturated carbocycles. The van der Waals surface area contributed by atoms with Gasteiger partial charge in [0.25, 0.3) is 0 Å². The Kier molecular flexibility index (Phi) is 5.49. The van der Waals surface area contributed by atoms with Crippen molar-refractivity contribution in [3.63, 3.8) is 0 Å². The van der Waals surface area contributed by atoms with Crippen molar-refractivity contribution in [1.82, 2.24) is 9.97 Å². The summed E-state index contributed by atoms with van der Waals surface area (Å²) in [5.41, 5.74) is 0.815. The van der Waals surface area contributed by atoms with Gasteiger partial charge >= 0.3 is 0 Å². The van der Waals surface area contributed by atoms with Crippen LogP contribution in [0.25, 0.3) is 0 Å². The van der Waals surface area contributed by atoms with Gasteiger partial charge in [0.2, 0.25) is 5.88 Å². The van der Waals surface area contributed by atoms with Gasteiger partial charge in [-0.05, 0) is 13.8 Å². The Labute approximate surface area is 101 Å². The second-order valence-corrected chi connectivity index (χ2v) is 4.39. The van der Waals surface area contributed by atoms with E-state index in [0.717, 1.165) is 5.69 Å². The predicted molar refractivity (Wildman–Crippen MR) is 63.0 cm³/mol. The van der Waals surface area contributed by atoms with Crippen LogP contribution < -0.4 is 4.74 Å². The Morgan fingerprint density at radius 1 is 1.38 bits per heavy atom. The SMILES string of the molecule is COCC(Cl)Cc1cncc(OC(C)C)n1. The monoisotopic (exact) mass is 244 g/mol. The highest BCUT2D eigenvalue weighted by atomic mass is 35.5. The lowest BCUT2D eigenvalue weighted by Gasteiger charge is -2.10. The van der Waals surface area contributed by atoms with E-state index in [0.29, 0.717) is 18.9 Å². The third-order valence-electron chi connectivity index (χ3n) is 1.80. The molecule has 16 heavy (non-hydrogen) atoms. The van der Waals surface area contributed by atoms with Gasteiger partial charge in [0, 0.05) is 19.7 Å². The Balaban J connectivity index is 2.59. The Morgan fingerprint density at radius 3 is 2.75 bits per heavy atom. The van der Waals surface area contributed by atoms with E-state index in [2.05, 4.69) is 9.97 Å². The van der Waals surface area contributed by atoms with Crippen LogP contribution in [0.1, 0.15) is 19.5 Å². The summed E-state index contributed by atoms with van der Waals surface area (Å²) in [7, 11) is 1.62. The molecular formula is C11H17ClN2O2. The number of ether oxygens (including phenoxy) is 2. The third kappa shape index (κ3) is 4.77. The van der Waals surface area contributed by atoms with Crippen LogP contribution in [0.3, 0.4) is 0 Å². The van der Waals surface area contributed by atoms with Gasteiger partial charge < -0.3 is 9.47 Å². The summed E-state index contributed by atoms with van der Waals surface area (Å²) in [5.74, 6) is 0.536. The summed E-state index contributed by atoms with van der Waals surface area (Å²) >= 11 is 6.04. The smallest absolute Gasteiger partial charge is 0.232 e. The summed E-state index contributed by atoms with van der Waals surface area (Å²) in [6, 6.07) is 0. The second-order valence-electron chi connectivity index (χ2n) is 3.77. The Morgan fingerprint density at radius 2 is 2.12 bits per heavy atom. The quantitative estimate of drug-likeness (QED) is 0.719. The first-order valence-corrected chi connectivity index (χ1v) is 5.66. The maximum atomic E-state index is 6.04. The number of hydrogen-bond acceptors (Lipinski definition) is 4. The molecule has 1 aromatic heterocycles. The van der Waals surface area contributed by atoms with Crippen LogP contribution >= 0.6 is 11.6 Å². The first-order chi connectivity index (χ1) is 7.61. The first kappa shape index (κ1) is 13.2. The van der Waals surface area contributed by atoms with E-state index in [-0.39, 0.29) is 11.5 Å². The summed E-state index contributed by atoms with van der Waals surface area (Å²) < 4.78 is 10.4. The summed E-state index contributed by atoms with van der Waals surface area (Å²) in [6.07, 6.45) is 4.01.